The van der Waals surface area contributed by atoms with Gasteiger partial charge in [0.1, 0.15) is 0 Å². The first-order valence-corrected chi connectivity index (χ1v) is 5.30. The maximum absolute atomic E-state index is 12.5. The highest BCUT2D eigenvalue weighted by Crippen LogP contribution is 2.26. The van der Waals surface area contributed by atoms with Crippen molar-refractivity contribution in [1.82, 2.24) is 0 Å². The lowest BCUT2D eigenvalue weighted by Gasteiger charge is -2.16. The zero-order valence-corrected chi connectivity index (χ0v) is 9.26. The summed E-state index contributed by atoms with van der Waals surface area (Å²) in [7, 11) is 0. The van der Waals surface area contributed by atoms with Crippen molar-refractivity contribution in [2.75, 3.05) is 6.61 Å². The topological polar surface area (TPSA) is 9.23 Å². The summed E-state index contributed by atoms with van der Waals surface area (Å²) in [5, 5.41) is 0. The Balaban J connectivity index is 2.22. The molecule has 0 amide bonds. The Labute approximate surface area is 97.2 Å². The molecule has 0 saturated carbocycles. The molecule has 5 heteroatoms. The van der Waals surface area contributed by atoms with E-state index in [9.17, 15) is 13.2 Å². The molecule has 1 aromatic carbocycles. The number of aryl methyl sites for hydroxylation is 1. The summed E-state index contributed by atoms with van der Waals surface area (Å²) in [6.45, 7) is -0.227. The highest BCUT2D eigenvalue weighted by atomic mass is 35.5. The van der Waals surface area contributed by atoms with E-state index in [1.54, 1.807) is 0 Å². The molecule has 1 unspecified atom stereocenters. The molecule has 0 fully saturated rings. The predicted octanol–water partition coefficient (Wildman–Crippen LogP) is 3.76. The van der Waals surface area contributed by atoms with Gasteiger partial charge in [-0.05, 0) is 18.4 Å². The van der Waals surface area contributed by atoms with Crippen LogP contribution in [0.25, 0.3) is 0 Å². The first-order chi connectivity index (χ1) is 7.52. The second kappa shape index (κ2) is 6.11. The largest absolute Gasteiger partial charge is 0.400 e. The molecule has 1 rings (SSSR count). The quantitative estimate of drug-likeness (QED) is 0.553. The Morgan fingerprint density at radius 1 is 1.25 bits per heavy atom. The van der Waals surface area contributed by atoms with Crippen LogP contribution in [-0.4, -0.2) is 18.3 Å². The Bertz CT molecular complexity index is 303. The minimum absolute atomic E-state index is 0.227. The van der Waals surface area contributed by atoms with E-state index in [1.807, 2.05) is 30.3 Å². The lowest BCUT2D eigenvalue weighted by molar-refractivity contribution is -0.256. The summed E-state index contributed by atoms with van der Waals surface area (Å²) < 4.78 is 41.3. The van der Waals surface area contributed by atoms with E-state index in [0.717, 1.165) is 5.56 Å². The Morgan fingerprint density at radius 2 is 1.88 bits per heavy atom. The van der Waals surface area contributed by atoms with Crippen molar-refractivity contribution in [1.29, 1.82) is 0 Å². The van der Waals surface area contributed by atoms with Gasteiger partial charge < -0.3 is 4.74 Å². The molecule has 0 radical (unpaired) electrons. The minimum Gasteiger partial charge on any atom is -0.317 e. The van der Waals surface area contributed by atoms with Crippen LogP contribution in [-0.2, 0) is 11.2 Å². The number of halogens is 4. The fraction of sp³-hybridized carbons (Fsp3) is 0.455. The molecular formula is C11H12ClF3O. The van der Waals surface area contributed by atoms with E-state index in [2.05, 4.69) is 16.3 Å². The summed E-state index contributed by atoms with van der Waals surface area (Å²) in [5.41, 5.74) is -1.78. The fourth-order valence-electron chi connectivity index (χ4n) is 1.19. The number of alkyl halides is 4. The van der Waals surface area contributed by atoms with E-state index in [-0.39, 0.29) is 6.61 Å². The number of hydrogen-bond acceptors (Lipinski definition) is 1. The zero-order valence-electron chi connectivity index (χ0n) is 8.51. The van der Waals surface area contributed by atoms with Gasteiger partial charge in [-0.2, -0.15) is 8.78 Å². The molecule has 0 N–H and O–H groups in total. The average Bonchev–Trinajstić information content (AvgIpc) is 2.26. The van der Waals surface area contributed by atoms with Gasteiger partial charge in [-0.3, -0.25) is 0 Å². The van der Waals surface area contributed by atoms with E-state index >= 15 is 0 Å². The van der Waals surface area contributed by atoms with Crippen molar-refractivity contribution in [3.05, 3.63) is 35.9 Å². The van der Waals surface area contributed by atoms with Crippen molar-refractivity contribution >= 4 is 11.6 Å². The molecule has 16 heavy (non-hydrogen) atoms. The van der Waals surface area contributed by atoms with Crippen molar-refractivity contribution < 1.29 is 17.9 Å². The lowest BCUT2D eigenvalue weighted by atomic mass is 10.1. The first kappa shape index (κ1) is 13.3. The summed E-state index contributed by atoms with van der Waals surface area (Å²) in [6.07, 6.45) is -2.91. The van der Waals surface area contributed by atoms with Gasteiger partial charge in [-0.1, -0.05) is 41.9 Å². The second-order valence-electron chi connectivity index (χ2n) is 3.30. The normalized spacial score (nSPS) is 13.8. The third kappa shape index (κ3) is 4.41. The first-order valence-electron chi connectivity index (χ1n) is 4.86. The van der Waals surface area contributed by atoms with Gasteiger partial charge in [0, 0.05) is 0 Å². The molecule has 1 nitrogen and oxygen atoms in total. The van der Waals surface area contributed by atoms with Gasteiger partial charge in [0.2, 0.25) is 0 Å². The zero-order chi connectivity index (χ0) is 12.0. The predicted molar refractivity (Wildman–Crippen MR) is 56.4 cm³/mol. The molecule has 0 spiro atoms. The molecule has 0 aliphatic rings. The Morgan fingerprint density at radius 3 is 2.44 bits per heavy atom. The van der Waals surface area contributed by atoms with E-state index in [0.29, 0.717) is 12.8 Å². The summed E-state index contributed by atoms with van der Waals surface area (Å²) >= 11 is 4.62. The monoisotopic (exact) mass is 252 g/mol. The van der Waals surface area contributed by atoms with Crippen LogP contribution < -0.4 is 0 Å². The van der Waals surface area contributed by atoms with Crippen LogP contribution in [0.2, 0.25) is 0 Å². The number of rotatable bonds is 6. The molecule has 1 atom stereocenters. The van der Waals surface area contributed by atoms with Gasteiger partial charge >= 0.3 is 6.11 Å². The Hall–Kier alpha value is -0.740. The van der Waals surface area contributed by atoms with E-state index in [1.165, 1.54) is 0 Å². The molecular weight excluding hydrogens is 241 g/mol. The van der Waals surface area contributed by atoms with E-state index in [4.69, 9.17) is 0 Å². The maximum Gasteiger partial charge on any atom is 0.400 e. The van der Waals surface area contributed by atoms with Crippen LogP contribution in [0.4, 0.5) is 13.2 Å². The molecule has 90 valence electrons. The van der Waals surface area contributed by atoms with Crippen LogP contribution in [0.1, 0.15) is 12.0 Å². The summed E-state index contributed by atoms with van der Waals surface area (Å²) in [5.74, 6) is 0. The SMILES string of the molecule is FC(Cl)C(F)(F)OCCCc1ccccc1. The number of ether oxygens (including phenoxy) is 1. The molecule has 0 bridgehead atoms. The van der Waals surface area contributed by atoms with Crippen LogP contribution in [0.15, 0.2) is 30.3 Å². The van der Waals surface area contributed by atoms with Gasteiger partial charge in [0.05, 0.1) is 6.61 Å². The third-order valence-electron chi connectivity index (χ3n) is 2.00. The molecule has 0 aliphatic carbocycles. The molecule has 0 aromatic heterocycles. The highest BCUT2D eigenvalue weighted by Gasteiger charge is 2.40. The summed E-state index contributed by atoms with van der Waals surface area (Å²) in [4.78, 5) is 0. The van der Waals surface area contributed by atoms with Crippen molar-refractivity contribution in [3.8, 4) is 0 Å². The average molecular weight is 253 g/mol. The number of benzene rings is 1. The lowest BCUT2D eigenvalue weighted by Crippen LogP contribution is -2.29. The van der Waals surface area contributed by atoms with Crippen LogP contribution >= 0.6 is 11.6 Å². The van der Waals surface area contributed by atoms with Crippen LogP contribution in [0.5, 0.6) is 0 Å². The summed E-state index contributed by atoms with van der Waals surface area (Å²) in [6, 6.07) is 9.37. The Kier molecular flexibility index (Phi) is 5.09. The van der Waals surface area contributed by atoms with E-state index < -0.39 is 11.7 Å². The van der Waals surface area contributed by atoms with Crippen molar-refractivity contribution in [2.24, 2.45) is 0 Å². The molecule has 0 heterocycles. The maximum atomic E-state index is 12.5. The van der Waals surface area contributed by atoms with Crippen LogP contribution in [0, 0.1) is 0 Å². The van der Waals surface area contributed by atoms with Gasteiger partial charge in [0.15, 0.2) is 0 Å². The molecule has 0 aliphatic heterocycles. The highest BCUT2D eigenvalue weighted by molar-refractivity contribution is 6.20. The van der Waals surface area contributed by atoms with Gasteiger partial charge in [-0.25, -0.2) is 4.39 Å². The number of hydrogen-bond donors (Lipinski definition) is 0. The molecule has 0 saturated heterocycles. The van der Waals surface area contributed by atoms with Crippen molar-refractivity contribution in [3.63, 3.8) is 0 Å². The van der Waals surface area contributed by atoms with Gasteiger partial charge in [-0.15, -0.1) is 0 Å². The fourth-order valence-corrected chi connectivity index (χ4v) is 1.26. The van der Waals surface area contributed by atoms with Crippen LogP contribution in [0.3, 0.4) is 0 Å². The smallest absolute Gasteiger partial charge is 0.317 e. The van der Waals surface area contributed by atoms with Crippen molar-refractivity contribution in [2.45, 2.75) is 24.6 Å². The third-order valence-corrected chi connectivity index (χ3v) is 2.26. The standard InChI is InChI=1S/C11H12ClF3O/c12-10(13)11(14,15)16-8-4-7-9-5-2-1-3-6-9/h1-3,5-6,10H,4,7-8H2. The van der Waals surface area contributed by atoms with Gasteiger partial charge in [0.25, 0.3) is 5.63 Å². The second-order valence-corrected chi connectivity index (χ2v) is 3.68. The molecule has 1 aromatic rings. The minimum atomic E-state index is -3.90.